The van der Waals surface area contributed by atoms with Crippen molar-refractivity contribution in [1.29, 1.82) is 0 Å². The first-order valence-corrected chi connectivity index (χ1v) is 10.2. The summed E-state index contributed by atoms with van der Waals surface area (Å²) < 4.78 is 10.9. The topological polar surface area (TPSA) is 81.2 Å². The van der Waals surface area contributed by atoms with Crippen LogP contribution in [0.4, 0.5) is 5.69 Å². The summed E-state index contributed by atoms with van der Waals surface area (Å²) in [5, 5.41) is 11.0. The fourth-order valence-electron chi connectivity index (χ4n) is 2.83. The number of furan rings is 1. The molecule has 2 heterocycles. The molecule has 4 rings (SSSR count). The molecule has 0 aliphatic carbocycles. The lowest BCUT2D eigenvalue weighted by atomic mass is 10.2. The van der Waals surface area contributed by atoms with Gasteiger partial charge in [-0.15, -0.1) is 22.0 Å². The van der Waals surface area contributed by atoms with Crippen molar-refractivity contribution in [3.63, 3.8) is 0 Å². The highest BCUT2D eigenvalue weighted by atomic mass is 32.2. The molecular formula is C22H19N3O3S. The highest BCUT2D eigenvalue weighted by molar-refractivity contribution is 7.99. The van der Waals surface area contributed by atoms with Crippen molar-refractivity contribution in [2.75, 3.05) is 11.1 Å². The lowest BCUT2D eigenvalue weighted by Gasteiger charge is -2.06. The predicted molar refractivity (Wildman–Crippen MR) is 113 cm³/mol. The van der Waals surface area contributed by atoms with Crippen molar-refractivity contribution in [3.05, 3.63) is 78.1 Å². The number of carbonyl (C=O) groups is 1. The van der Waals surface area contributed by atoms with Crippen molar-refractivity contribution in [2.45, 2.75) is 12.7 Å². The van der Waals surface area contributed by atoms with Crippen LogP contribution in [0, 0.1) is 6.92 Å². The van der Waals surface area contributed by atoms with Gasteiger partial charge >= 0.3 is 0 Å². The first-order chi connectivity index (χ1) is 14.2. The SMILES string of the molecule is Cc1cccc(CSCC(=O)Nc2cccc(-c3nnc(-c4ccco4)o3)c2)c1. The van der Waals surface area contributed by atoms with Crippen molar-refractivity contribution >= 4 is 23.4 Å². The molecule has 146 valence electrons. The highest BCUT2D eigenvalue weighted by Gasteiger charge is 2.13. The lowest BCUT2D eigenvalue weighted by molar-refractivity contribution is -0.113. The zero-order valence-electron chi connectivity index (χ0n) is 15.8. The Bertz CT molecular complexity index is 1110. The third kappa shape index (κ3) is 4.94. The van der Waals surface area contributed by atoms with Gasteiger partial charge in [-0.2, -0.15) is 0 Å². The smallest absolute Gasteiger partial charge is 0.283 e. The van der Waals surface area contributed by atoms with Crippen LogP contribution in [-0.2, 0) is 10.5 Å². The molecule has 0 aliphatic rings. The summed E-state index contributed by atoms with van der Waals surface area (Å²) in [6.45, 7) is 2.06. The number of thioether (sulfide) groups is 1. The van der Waals surface area contributed by atoms with Crippen LogP contribution in [0.5, 0.6) is 0 Å². The van der Waals surface area contributed by atoms with E-state index in [-0.39, 0.29) is 5.91 Å². The molecule has 0 aliphatic heterocycles. The maximum Gasteiger partial charge on any atom is 0.283 e. The molecule has 4 aromatic rings. The molecular weight excluding hydrogens is 386 g/mol. The number of anilines is 1. The third-order valence-corrected chi connectivity index (χ3v) is 5.14. The fraction of sp³-hybridized carbons (Fsp3) is 0.136. The van der Waals surface area contributed by atoms with Gasteiger partial charge in [0.2, 0.25) is 11.8 Å². The molecule has 7 heteroatoms. The van der Waals surface area contributed by atoms with Crippen LogP contribution in [0.25, 0.3) is 23.1 Å². The zero-order chi connectivity index (χ0) is 20.1. The van der Waals surface area contributed by atoms with Gasteiger partial charge in [0.05, 0.1) is 12.0 Å². The molecule has 2 aromatic carbocycles. The number of nitrogens with zero attached hydrogens (tertiary/aromatic N) is 2. The fourth-order valence-corrected chi connectivity index (χ4v) is 3.61. The van der Waals surface area contributed by atoms with E-state index >= 15 is 0 Å². The highest BCUT2D eigenvalue weighted by Crippen LogP contribution is 2.26. The van der Waals surface area contributed by atoms with Gasteiger partial charge in [0, 0.05) is 17.0 Å². The van der Waals surface area contributed by atoms with Crippen LogP contribution in [0.3, 0.4) is 0 Å². The summed E-state index contributed by atoms with van der Waals surface area (Å²) in [5.74, 6) is 2.31. The van der Waals surface area contributed by atoms with Crippen LogP contribution >= 0.6 is 11.8 Å². The summed E-state index contributed by atoms with van der Waals surface area (Å²) in [5.41, 5.74) is 3.84. The standard InChI is InChI=1S/C22H19N3O3S/c1-15-5-2-6-16(11-15)13-29-14-20(26)23-18-8-3-7-17(12-18)21-24-25-22(28-21)19-9-4-10-27-19/h2-12H,13-14H2,1H3,(H,23,26). The Labute approximate surface area is 172 Å². The number of rotatable bonds is 7. The second kappa shape index (κ2) is 8.79. The third-order valence-electron chi connectivity index (χ3n) is 4.13. The van der Waals surface area contributed by atoms with Crippen LogP contribution < -0.4 is 5.32 Å². The quantitative estimate of drug-likeness (QED) is 0.456. The number of hydrogen-bond donors (Lipinski definition) is 1. The normalized spacial score (nSPS) is 10.8. The molecule has 1 amide bonds. The van der Waals surface area contributed by atoms with Gasteiger partial charge in [-0.25, -0.2) is 0 Å². The molecule has 6 nitrogen and oxygen atoms in total. The summed E-state index contributed by atoms with van der Waals surface area (Å²) in [6.07, 6.45) is 1.55. The van der Waals surface area contributed by atoms with E-state index in [4.69, 9.17) is 8.83 Å². The Hall–Kier alpha value is -3.32. The maximum absolute atomic E-state index is 12.3. The number of amides is 1. The molecule has 0 fully saturated rings. The number of carbonyl (C=O) groups excluding carboxylic acids is 1. The number of hydrogen-bond acceptors (Lipinski definition) is 6. The Morgan fingerprint density at radius 1 is 1.03 bits per heavy atom. The Kier molecular flexibility index (Phi) is 5.76. The first kappa shape index (κ1) is 19.0. The van der Waals surface area contributed by atoms with Crippen molar-refractivity contribution in [2.24, 2.45) is 0 Å². The molecule has 29 heavy (non-hydrogen) atoms. The lowest BCUT2D eigenvalue weighted by Crippen LogP contribution is -2.14. The summed E-state index contributed by atoms with van der Waals surface area (Å²) >= 11 is 1.58. The predicted octanol–water partition coefficient (Wildman–Crippen LogP) is 5.18. The van der Waals surface area contributed by atoms with Gasteiger partial charge in [-0.3, -0.25) is 4.79 Å². The average Bonchev–Trinajstić information content (AvgIpc) is 3.40. The van der Waals surface area contributed by atoms with Gasteiger partial charge in [0.1, 0.15) is 0 Å². The van der Waals surface area contributed by atoms with Crippen LogP contribution in [0.15, 0.2) is 75.8 Å². The molecule has 0 unspecified atom stereocenters. The molecule has 0 saturated carbocycles. The second-order valence-corrected chi connectivity index (χ2v) is 7.49. The van der Waals surface area contributed by atoms with Crippen LogP contribution in [0.1, 0.15) is 11.1 Å². The molecule has 1 N–H and O–H groups in total. The zero-order valence-corrected chi connectivity index (χ0v) is 16.6. The Morgan fingerprint density at radius 2 is 1.90 bits per heavy atom. The van der Waals surface area contributed by atoms with Gasteiger partial charge in [-0.05, 0) is 42.8 Å². The van der Waals surface area contributed by atoms with Gasteiger partial charge in [-0.1, -0.05) is 35.9 Å². The summed E-state index contributed by atoms with van der Waals surface area (Å²) in [7, 11) is 0. The largest absolute Gasteiger partial charge is 0.459 e. The summed E-state index contributed by atoms with van der Waals surface area (Å²) in [6, 6.07) is 19.1. The monoisotopic (exact) mass is 405 g/mol. The average molecular weight is 405 g/mol. The van der Waals surface area contributed by atoms with Crippen molar-refractivity contribution < 1.29 is 13.6 Å². The van der Waals surface area contributed by atoms with E-state index in [9.17, 15) is 4.79 Å². The van der Waals surface area contributed by atoms with Crippen LogP contribution in [-0.4, -0.2) is 21.9 Å². The number of benzene rings is 2. The minimum absolute atomic E-state index is 0.0541. The first-order valence-electron chi connectivity index (χ1n) is 9.08. The van der Waals surface area contributed by atoms with Gasteiger partial charge in [0.15, 0.2) is 5.76 Å². The Morgan fingerprint density at radius 3 is 2.72 bits per heavy atom. The Balaban J connectivity index is 1.35. The van der Waals surface area contributed by atoms with E-state index in [2.05, 4.69) is 40.6 Å². The van der Waals surface area contributed by atoms with Crippen molar-refractivity contribution in [3.8, 4) is 23.1 Å². The second-order valence-electron chi connectivity index (χ2n) is 6.50. The minimum atomic E-state index is -0.0541. The number of aryl methyl sites for hydroxylation is 1. The number of nitrogens with one attached hydrogen (secondary N) is 1. The molecule has 0 atom stereocenters. The maximum atomic E-state index is 12.3. The van der Waals surface area contributed by atoms with E-state index < -0.39 is 0 Å². The van der Waals surface area contributed by atoms with E-state index in [0.717, 1.165) is 11.3 Å². The molecule has 0 saturated heterocycles. The molecule has 0 radical (unpaired) electrons. The van der Waals surface area contributed by atoms with E-state index in [1.165, 1.54) is 11.1 Å². The van der Waals surface area contributed by atoms with Gasteiger partial charge in [0.25, 0.3) is 5.89 Å². The van der Waals surface area contributed by atoms with Crippen LogP contribution in [0.2, 0.25) is 0 Å². The minimum Gasteiger partial charge on any atom is -0.459 e. The molecule has 2 aromatic heterocycles. The molecule has 0 spiro atoms. The molecule has 0 bridgehead atoms. The van der Waals surface area contributed by atoms with E-state index in [1.54, 1.807) is 30.2 Å². The van der Waals surface area contributed by atoms with E-state index in [0.29, 0.717) is 29.0 Å². The number of aromatic nitrogens is 2. The summed E-state index contributed by atoms with van der Waals surface area (Å²) in [4.78, 5) is 12.3. The van der Waals surface area contributed by atoms with Gasteiger partial charge < -0.3 is 14.2 Å². The van der Waals surface area contributed by atoms with Crippen molar-refractivity contribution in [1.82, 2.24) is 10.2 Å². The van der Waals surface area contributed by atoms with E-state index in [1.807, 2.05) is 30.3 Å².